The summed E-state index contributed by atoms with van der Waals surface area (Å²) < 4.78 is 7.23. The van der Waals surface area contributed by atoms with E-state index in [1.165, 1.54) is 0 Å². The fourth-order valence-corrected chi connectivity index (χ4v) is 2.66. The van der Waals surface area contributed by atoms with Gasteiger partial charge in [-0.2, -0.15) is 0 Å². The minimum Gasteiger partial charge on any atom is -0.493 e. The number of carbonyl (C=O) groups is 1. The van der Waals surface area contributed by atoms with Crippen molar-refractivity contribution >= 4 is 60.8 Å². The molecule has 2 N–H and O–H groups in total. The van der Waals surface area contributed by atoms with E-state index in [2.05, 4.69) is 42.5 Å². The summed E-state index contributed by atoms with van der Waals surface area (Å²) in [5.74, 6) is 0.184. The molecule has 120 valence electrons. The van der Waals surface area contributed by atoms with Crippen LogP contribution in [0.4, 0.5) is 5.69 Å². The van der Waals surface area contributed by atoms with Crippen LogP contribution in [0.15, 0.2) is 51.4 Å². The Morgan fingerprint density at radius 1 is 1.13 bits per heavy atom. The van der Waals surface area contributed by atoms with Crippen molar-refractivity contribution in [3.63, 3.8) is 0 Å². The molecule has 0 aliphatic carbocycles. The smallest absolute Gasteiger partial charge is 0.261 e. The van der Waals surface area contributed by atoms with E-state index in [0.717, 1.165) is 14.6 Å². The van der Waals surface area contributed by atoms with Crippen molar-refractivity contribution in [1.29, 1.82) is 0 Å². The third kappa shape index (κ3) is 5.30. The lowest BCUT2D eigenvalue weighted by atomic mass is 10.2. The first-order valence-electron chi connectivity index (χ1n) is 6.80. The standard InChI is InChI=1S/C16H14Br2N2O2S/c1-2-22-14-8-5-11(18)9-13(14)15(21)20-16(23)19-12-6-3-10(17)4-7-12/h3-9H,2H2,1H3,(H2,19,20,21,23). The van der Waals surface area contributed by atoms with Crippen LogP contribution >= 0.6 is 44.1 Å². The van der Waals surface area contributed by atoms with Gasteiger partial charge in [-0.3, -0.25) is 10.1 Å². The summed E-state index contributed by atoms with van der Waals surface area (Å²) in [7, 11) is 0. The van der Waals surface area contributed by atoms with Crippen LogP contribution in [0, 0.1) is 0 Å². The zero-order valence-corrected chi connectivity index (χ0v) is 16.2. The van der Waals surface area contributed by atoms with E-state index < -0.39 is 0 Å². The Hall–Kier alpha value is -1.44. The highest BCUT2D eigenvalue weighted by Crippen LogP contribution is 2.23. The molecular formula is C16H14Br2N2O2S. The lowest BCUT2D eigenvalue weighted by molar-refractivity contribution is 0.0974. The molecule has 2 rings (SSSR count). The molecular weight excluding hydrogens is 444 g/mol. The zero-order valence-electron chi connectivity index (χ0n) is 12.2. The number of hydrogen-bond donors (Lipinski definition) is 2. The van der Waals surface area contributed by atoms with E-state index in [1.54, 1.807) is 12.1 Å². The second kappa shape index (κ2) is 8.42. The molecule has 0 unspecified atom stereocenters. The monoisotopic (exact) mass is 456 g/mol. The Balaban J connectivity index is 2.07. The molecule has 0 aromatic heterocycles. The fourth-order valence-electron chi connectivity index (χ4n) is 1.83. The first kappa shape index (κ1) is 17.9. The molecule has 4 nitrogen and oxygen atoms in total. The maximum Gasteiger partial charge on any atom is 0.261 e. The minimum atomic E-state index is -0.329. The first-order chi connectivity index (χ1) is 11.0. The van der Waals surface area contributed by atoms with Crippen LogP contribution in [-0.2, 0) is 0 Å². The van der Waals surface area contributed by atoms with E-state index >= 15 is 0 Å². The molecule has 0 aliphatic heterocycles. The van der Waals surface area contributed by atoms with Gasteiger partial charge in [0.15, 0.2) is 5.11 Å². The number of benzene rings is 2. The van der Waals surface area contributed by atoms with Gasteiger partial charge < -0.3 is 10.1 Å². The quantitative estimate of drug-likeness (QED) is 0.651. The Kier molecular flexibility index (Phi) is 6.56. The van der Waals surface area contributed by atoms with E-state index in [-0.39, 0.29) is 11.0 Å². The van der Waals surface area contributed by atoms with Crippen LogP contribution in [0.5, 0.6) is 5.75 Å². The average molecular weight is 458 g/mol. The normalized spacial score (nSPS) is 10.0. The highest BCUT2D eigenvalue weighted by atomic mass is 79.9. The van der Waals surface area contributed by atoms with Gasteiger partial charge in [0.1, 0.15) is 5.75 Å². The number of anilines is 1. The van der Waals surface area contributed by atoms with Crippen molar-refractivity contribution < 1.29 is 9.53 Å². The van der Waals surface area contributed by atoms with Crippen LogP contribution in [0.2, 0.25) is 0 Å². The Bertz CT molecular complexity index is 721. The summed E-state index contributed by atoms with van der Waals surface area (Å²) in [6.45, 7) is 2.34. The number of halogens is 2. The van der Waals surface area contributed by atoms with Gasteiger partial charge in [0.05, 0.1) is 12.2 Å². The number of amides is 1. The maximum atomic E-state index is 12.4. The molecule has 23 heavy (non-hydrogen) atoms. The third-order valence-electron chi connectivity index (χ3n) is 2.82. The Morgan fingerprint density at radius 2 is 1.78 bits per heavy atom. The highest BCUT2D eigenvalue weighted by molar-refractivity contribution is 9.10. The van der Waals surface area contributed by atoms with Gasteiger partial charge in [0.25, 0.3) is 5.91 Å². The van der Waals surface area contributed by atoms with Gasteiger partial charge >= 0.3 is 0 Å². The molecule has 0 spiro atoms. The molecule has 0 radical (unpaired) electrons. The van der Waals surface area contributed by atoms with Crippen LogP contribution in [0.25, 0.3) is 0 Å². The van der Waals surface area contributed by atoms with Gasteiger partial charge in [0, 0.05) is 14.6 Å². The van der Waals surface area contributed by atoms with Gasteiger partial charge in [0.2, 0.25) is 0 Å². The summed E-state index contributed by atoms with van der Waals surface area (Å²) in [5, 5.41) is 5.84. The maximum absolute atomic E-state index is 12.4. The fraction of sp³-hybridized carbons (Fsp3) is 0.125. The summed E-state index contributed by atoms with van der Waals surface area (Å²) in [4.78, 5) is 12.4. The SMILES string of the molecule is CCOc1ccc(Br)cc1C(=O)NC(=S)Nc1ccc(Br)cc1. The molecule has 7 heteroatoms. The van der Waals surface area contributed by atoms with Crippen molar-refractivity contribution in [3.8, 4) is 5.75 Å². The number of ether oxygens (including phenoxy) is 1. The number of hydrogen-bond acceptors (Lipinski definition) is 3. The average Bonchev–Trinajstić information content (AvgIpc) is 2.51. The molecule has 0 heterocycles. The summed E-state index contributed by atoms with van der Waals surface area (Å²) in [5.41, 5.74) is 1.21. The van der Waals surface area contributed by atoms with E-state index in [0.29, 0.717) is 17.9 Å². The lowest BCUT2D eigenvalue weighted by Crippen LogP contribution is -2.34. The van der Waals surface area contributed by atoms with E-state index in [4.69, 9.17) is 17.0 Å². The molecule has 0 saturated heterocycles. The predicted molar refractivity (Wildman–Crippen MR) is 103 cm³/mol. The van der Waals surface area contributed by atoms with E-state index in [9.17, 15) is 4.79 Å². The summed E-state index contributed by atoms with van der Waals surface area (Å²) in [6.07, 6.45) is 0. The Morgan fingerprint density at radius 3 is 2.43 bits per heavy atom. The minimum absolute atomic E-state index is 0.222. The van der Waals surface area contributed by atoms with Gasteiger partial charge in [-0.15, -0.1) is 0 Å². The van der Waals surface area contributed by atoms with Crippen molar-refractivity contribution in [1.82, 2.24) is 5.32 Å². The number of thiocarbonyl (C=S) groups is 1. The van der Waals surface area contributed by atoms with Crippen molar-refractivity contribution in [2.45, 2.75) is 6.92 Å². The van der Waals surface area contributed by atoms with Gasteiger partial charge in [-0.25, -0.2) is 0 Å². The predicted octanol–water partition coefficient (Wildman–Crippen LogP) is 4.74. The molecule has 0 atom stereocenters. The Labute approximate surface area is 156 Å². The zero-order chi connectivity index (χ0) is 16.8. The largest absolute Gasteiger partial charge is 0.493 e. The first-order valence-corrected chi connectivity index (χ1v) is 8.79. The molecule has 2 aromatic rings. The second-order valence-corrected chi connectivity index (χ2v) is 6.73. The topological polar surface area (TPSA) is 50.4 Å². The number of nitrogens with one attached hydrogen (secondary N) is 2. The van der Waals surface area contributed by atoms with Gasteiger partial charge in [-0.05, 0) is 61.6 Å². The molecule has 0 fully saturated rings. The van der Waals surface area contributed by atoms with Crippen LogP contribution < -0.4 is 15.4 Å². The van der Waals surface area contributed by atoms with Crippen molar-refractivity contribution in [2.24, 2.45) is 0 Å². The molecule has 0 bridgehead atoms. The van der Waals surface area contributed by atoms with Crippen LogP contribution in [-0.4, -0.2) is 17.6 Å². The van der Waals surface area contributed by atoms with Gasteiger partial charge in [-0.1, -0.05) is 31.9 Å². The summed E-state index contributed by atoms with van der Waals surface area (Å²) in [6, 6.07) is 12.7. The van der Waals surface area contributed by atoms with Crippen LogP contribution in [0.3, 0.4) is 0 Å². The highest BCUT2D eigenvalue weighted by Gasteiger charge is 2.14. The molecule has 0 saturated carbocycles. The second-order valence-electron chi connectivity index (χ2n) is 4.49. The third-order valence-corrected chi connectivity index (χ3v) is 4.04. The number of rotatable bonds is 4. The van der Waals surface area contributed by atoms with Crippen molar-refractivity contribution in [2.75, 3.05) is 11.9 Å². The molecule has 0 aliphatic rings. The summed E-state index contributed by atoms with van der Waals surface area (Å²) >= 11 is 11.9. The van der Waals surface area contributed by atoms with Crippen LogP contribution in [0.1, 0.15) is 17.3 Å². The molecule has 2 aromatic carbocycles. The lowest BCUT2D eigenvalue weighted by Gasteiger charge is -2.13. The van der Waals surface area contributed by atoms with E-state index in [1.807, 2.05) is 37.3 Å². The molecule has 1 amide bonds. The number of carbonyl (C=O) groups excluding carboxylic acids is 1. The van der Waals surface area contributed by atoms with Crippen molar-refractivity contribution in [3.05, 3.63) is 57.0 Å².